The van der Waals surface area contributed by atoms with Crippen molar-refractivity contribution in [2.75, 3.05) is 23.3 Å². The van der Waals surface area contributed by atoms with E-state index >= 15 is 0 Å². The molecule has 0 spiro atoms. The van der Waals surface area contributed by atoms with Gasteiger partial charge in [0.1, 0.15) is 11.6 Å². The van der Waals surface area contributed by atoms with E-state index < -0.39 is 4.92 Å². The maximum Gasteiger partial charge on any atom is 0.311 e. The number of nitrogens with zero attached hydrogens (tertiary/aromatic N) is 3. The van der Waals surface area contributed by atoms with Gasteiger partial charge in [0.05, 0.1) is 17.7 Å². The van der Waals surface area contributed by atoms with Gasteiger partial charge < -0.3 is 14.6 Å². The van der Waals surface area contributed by atoms with Gasteiger partial charge in [-0.25, -0.2) is 4.98 Å². The first-order valence-electron chi connectivity index (χ1n) is 6.82. The summed E-state index contributed by atoms with van der Waals surface area (Å²) in [6, 6.07) is 6.72. The van der Waals surface area contributed by atoms with Gasteiger partial charge in [0, 0.05) is 19.2 Å². The Balaban J connectivity index is 2.36. The highest BCUT2D eigenvalue weighted by atomic mass is 16.6. The standard InChI is InChI=1S/C14H18N4O3/c1-3-15-13-8-7-12(18(19)20)14(16-13)17(4-2)10-11-6-5-9-21-11/h5-9H,3-4,10H2,1-2H3,(H,15,16). The van der Waals surface area contributed by atoms with Gasteiger partial charge in [-0.15, -0.1) is 0 Å². The lowest BCUT2D eigenvalue weighted by molar-refractivity contribution is -0.384. The third kappa shape index (κ3) is 3.50. The Morgan fingerprint density at radius 1 is 1.38 bits per heavy atom. The number of hydrogen-bond donors (Lipinski definition) is 1. The Kier molecular flexibility index (Phi) is 4.76. The second-order valence-corrected chi connectivity index (χ2v) is 4.42. The summed E-state index contributed by atoms with van der Waals surface area (Å²) in [6.45, 7) is 5.60. The molecule has 0 unspecified atom stereocenters. The molecule has 1 N–H and O–H groups in total. The van der Waals surface area contributed by atoms with E-state index in [0.29, 0.717) is 31.3 Å². The van der Waals surface area contributed by atoms with Crippen LogP contribution in [0, 0.1) is 10.1 Å². The molecule has 0 radical (unpaired) electrons. The van der Waals surface area contributed by atoms with Gasteiger partial charge >= 0.3 is 5.69 Å². The third-order valence-electron chi connectivity index (χ3n) is 3.02. The summed E-state index contributed by atoms with van der Waals surface area (Å²) in [5.74, 6) is 1.70. The quantitative estimate of drug-likeness (QED) is 0.623. The fourth-order valence-electron chi connectivity index (χ4n) is 2.02. The number of pyridine rings is 1. The Morgan fingerprint density at radius 3 is 2.76 bits per heavy atom. The lowest BCUT2D eigenvalue weighted by atomic mass is 10.3. The van der Waals surface area contributed by atoms with E-state index in [4.69, 9.17) is 4.42 Å². The lowest BCUT2D eigenvalue weighted by Crippen LogP contribution is -2.24. The van der Waals surface area contributed by atoms with Gasteiger partial charge in [-0.2, -0.15) is 0 Å². The molecular weight excluding hydrogens is 272 g/mol. The number of aromatic nitrogens is 1. The van der Waals surface area contributed by atoms with E-state index in [1.54, 1.807) is 18.4 Å². The zero-order valence-corrected chi connectivity index (χ0v) is 12.1. The predicted molar refractivity (Wildman–Crippen MR) is 80.5 cm³/mol. The van der Waals surface area contributed by atoms with Crippen molar-refractivity contribution in [2.24, 2.45) is 0 Å². The molecule has 0 saturated heterocycles. The van der Waals surface area contributed by atoms with Crippen LogP contribution in [0.25, 0.3) is 0 Å². The van der Waals surface area contributed by atoms with Crippen molar-refractivity contribution >= 4 is 17.3 Å². The molecule has 0 atom stereocenters. The molecule has 7 nitrogen and oxygen atoms in total. The first kappa shape index (κ1) is 14.8. The van der Waals surface area contributed by atoms with Crippen molar-refractivity contribution < 1.29 is 9.34 Å². The minimum atomic E-state index is -0.414. The number of rotatable bonds is 7. The molecule has 0 aromatic carbocycles. The Bertz CT molecular complexity index is 598. The summed E-state index contributed by atoms with van der Waals surface area (Å²) in [6.07, 6.45) is 1.58. The van der Waals surface area contributed by atoms with Crippen molar-refractivity contribution in [3.8, 4) is 0 Å². The first-order valence-corrected chi connectivity index (χ1v) is 6.82. The van der Waals surface area contributed by atoms with E-state index in [-0.39, 0.29) is 5.69 Å². The molecule has 0 aliphatic rings. The summed E-state index contributed by atoms with van der Waals surface area (Å²) in [5.41, 5.74) is -0.00920. The van der Waals surface area contributed by atoms with Crippen molar-refractivity contribution in [3.05, 3.63) is 46.4 Å². The maximum atomic E-state index is 11.2. The molecule has 0 aliphatic heterocycles. The molecule has 2 heterocycles. The molecule has 0 saturated carbocycles. The number of nitrogens with one attached hydrogen (secondary N) is 1. The zero-order valence-electron chi connectivity index (χ0n) is 12.1. The van der Waals surface area contributed by atoms with Crippen molar-refractivity contribution in [1.29, 1.82) is 0 Å². The summed E-state index contributed by atoms with van der Waals surface area (Å²) < 4.78 is 5.31. The van der Waals surface area contributed by atoms with Gasteiger partial charge in [0.15, 0.2) is 0 Å². The van der Waals surface area contributed by atoms with Crippen LogP contribution in [0.15, 0.2) is 34.9 Å². The fraction of sp³-hybridized carbons (Fsp3) is 0.357. The Hall–Kier alpha value is -2.57. The van der Waals surface area contributed by atoms with Crippen molar-refractivity contribution in [1.82, 2.24) is 4.98 Å². The van der Waals surface area contributed by atoms with Gasteiger partial charge in [0.25, 0.3) is 0 Å². The van der Waals surface area contributed by atoms with Crippen LogP contribution >= 0.6 is 0 Å². The van der Waals surface area contributed by atoms with Crippen LogP contribution in [-0.2, 0) is 6.54 Å². The smallest absolute Gasteiger partial charge is 0.311 e. The first-order chi connectivity index (χ1) is 10.2. The average Bonchev–Trinajstić information content (AvgIpc) is 2.97. The Labute approximate surface area is 122 Å². The highest BCUT2D eigenvalue weighted by molar-refractivity contribution is 5.61. The van der Waals surface area contributed by atoms with E-state index in [1.165, 1.54) is 6.07 Å². The normalized spacial score (nSPS) is 10.4. The monoisotopic (exact) mass is 290 g/mol. The van der Waals surface area contributed by atoms with Crippen LogP contribution in [0.5, 0.6) is 0 Å². The van der Waals surface area contributed by atoms with Gasteiger partial charge in [-0.3, -0.25) is 10.1 Å². The van der Waals surface area contributed by atoms with E-state index in [9.17, 15) is 10.1 Å². The van der Waals surface area contributed by atoms with Crippen LogP contribution < -0.4 is 10.2 Å². The topological polar surface area (TPSA) is 84.4 Å². The van der Waals surface area contributed by atoms with Gasteiger partial charge in [-0.05, 0) is 32.0 Å². The molecular formula is C14H18N4O3. The SMILES string of the molecule is CCNc1ccc([N+](=O)[O-])c(N(CC)Cc2ccco2)n1. The summed E-state index contributed by atoms with van der Waals surface area (Å²) in [4.78, 5) is 17.0. The molecule has 2 aromatic rings. The van der Waals surface area contributed by atoms with Crippen molar-refractivity contribution in [3.63, 3.8) is 0 Å². The van der Waals surface area contributed by atoms with E-state index in [0.717, 1.165) is 5.76 Å². The van der Waals surface area contributed by atoms with Crippen LogP contribution in [0.1, 0.15) is 19.6 Å². The summed E-state index contributed by atoms with van der Waals surface area (Å²) >= 11 is 0. The van der Waals surface area contributed by atoms with Crippen LogP contribution in [0.4, 0.5) is 17.3 Å². The molecule has 2 rings (SSSR count). The molecule has 0 amide bonds. The predicted octanol–water partition coefficient (Wildman–Crippen LogP) is 3.04. The van der Waals surface area contributed by atoms with Crippen LogP contribution in [0.2, 0.25) is 0 Å². The molecule has 0 bridgehead atoms. The maximum absolute atomic E-state index is 11.2. The molecule has 21 heavy (non-hydrogen) atoms. The molecule has 112 valence electrons. The molecule has 0 aliphatic carbocycles. The lowest BCUT2D eigenvalue weighted by Gasteiger charge is -2.21. The van der Waals surface area contributed by atoms with Gasteiger partial charge in [0.2, 0.25) is 5.82 Å². The highest BCUT2D eigenvalue weighted by Crippen LogP contribution is 2.28. The van der Waals surface area contributed by atoms with Crippen LogP contribution in [-0.4, -0.2) is 23.0 Å². The highest BCUT2D eigenvalue weighted by Gasteiger charge is 2.21. The largest absolute Gasteiger partial charge is 0.467 e. The van der Waals surface area contributed by atoms with E-state index in [2.05, 4.69) is 10.3 Å². The van der Waals surface area contributed by atoms with Crippen LogP contribution in [0.3, 0.4) is 0 Å². The number of hydrogen-bond acceptors (Lipinski definition) is 6. The number of anilines is 2. The number of furan rings is 1. The molecule has 7 heteroatoms. The summed E-state index contributed by atoms with van der Waals surface area (Å²) in [7, 11) is 0. The van der Waals surface area contributed by atoms with E-state index in [1.807, 2.05) is 24.8 Å². The average molecular weight is 290 g/mol. The second-order valence-electron chi connectivity index (χ2n) is 4.42. The van der Waals surface area contributed by atoms with Crippen molar-refractivity contribution in [2.45, 2.75) is 20.4 Å². The second kappa shape index (κ2) is 6.74. The third-order valence-corrected chi connectivity index (χ3v) is 3.02. The fourth-order valence-corrected chi connectivity index (χ4v) is 2.02. The zero-order chi connectivity index (χ0) is 15.2. The number of nitro groups is 1. The summed E-state index contributed by atoms with van der Waals surface area (Å²) in [5, 5.41) is 14.3. The minimum absolute atomic E-state index is 0.00920. The van der Waals surface area contributed by atoms with Gasteiger partial charge in [-0.1, -0.05) is 0 Å². The Morgan fingerprint density at radius 2 is 2.19 bits per heavy atom. The molecule has 2 aromatic heterocycles. The molecule has 0 fully saturated rings. The minimum Gasteiger partial charge on any atom is -0.467 e.